The number of alkyl halides is 1. The van der Waals surface area contributed by atoms with E-state index in [1.54, 1.807) is 6.21 Å². The average Bonchev–Trinajstić information content (AvgIpc) is 2.40. The molecule has 0 amide bonds. The molecule has 0 atom stereocenters. The lowest BCUT2D eigenvalue weighted by Gasteiger charge is -2.04. The number of benzene rings is 2. The van der Waals surface area contributed by atoms with Gasteiger partial charge in [-0.2, -0.15) is 5.10 Å². The summed E-state index contributed by atoms with van der Waals surface area (Å²) in [7, 11) is 0. The molecule has 19 heavy (non-hydrogen) atoms. The van der Waals surface area contributed by atoms with Gasteiger partial charge in [0.1, 0.15) is 5.82 Å². The van der Waals surface area contributed by atoms with Gasteiger partial charge in [0.05, 0.1) is 11.9 Å². The van der Waals surface area contributed by atoms with Crippen molar-refractivity contribution in [3.05, 3.63) is 63.0 Å². The summed E-state index contributed by atoms with van der Waals surface area (Å²) < 4.78 is 14.6. The predicted octanol–water partition coefficient (Wildman–Crippen LogP) is 4.77. The molecule has 0 aliphatic rings. The highest BCUT2D eigenvalue weighted by Crippen LogP contribution is 2.20. The van der Waals surface area contributed by atoms with Crippen molar-refractivity contribution in [2.45, 2.75) is 5.33 Å². The van der Waals surface area contributed by atoms with Crippen LogP contribution in [-0.2, 0) is 5.33 Å². The number of anilines is 1. The molecule has 5 heteroatoms. The smallest absolute Gasteiger partial charge is 0.128 e. The minimum atomic E-state index is -0.218. The number of rotatable bonds is 4. The van der Waals surface area contributed by atoms with E-state index in [4.69, 9.17) is 0 Å². The molecule has 2 nitrogen and oxygen atoms in total. The average molecular weight is 433 g/mol. The van der Waals surface area contributed by atoms with E-state index in [1.165, 1.54) is 6.07 Å². The van der Waals surface area contributed by atoms with E-state index in [0.29, 0.717) is 10.9 Å². The number of hydrogen-bond donors (Lipinski definition) is 1. The molecule has 2 aromatic carbocycles. The van der Waals surface area contributed by atoms with Crippen LogP contribution in [0.2, 0.25) is 0 Å². The Morgan fingerprint density at radius 3 is 2.63 bits per heavy atom. The topological polar surface area (TPSA) is 24.4 Å². The summed E-state index contributed by atoms with van der Waals surface area (Å²) in [6.07, 6.45) is 1.61. The van der Waals surface area contributed by atoms with E-state index in [-0.39, 0.29) is 5.82 Å². The molecule has 0 aromatic heterocycles. The normalized spacial score (nSPS) is 10.9. The Hall–Kier alpha value is -0.950. The Labute approximate surface area is 133 Å². The fourth-order valence-corrected chi connectivity index (χ4v) is 3.42. The van der Waals surface area contributed by atoms with Gasteiger partial charge in [0.15, 0.2) is 0 Å². The Morgan fingerprint density at radius 1 is 1.26 bits per heavy atom. The molecule has 1 N–H and O–H groups in total. The van der Waals surface area contributed by atoms with Crippen molar-refractivity contribution in [2.75, 3.05) is 5.43 Å². The summed E-state index contributed by atoms with van der Waals surface area (Å²) in [4.78, 5) is 0. The molecule has 2 rings (SSSR count). The van der Waals surface area contributed by atoms with Gasteiger partial charge in [0, 0.05) is 14.5 Å². The lowest BCUT2D eigenvalue weighted by atomic mass is 10.1. The molecule has 0 radical (unpaired) electrons. The highest BCUT2D eigenvalue weighted by atomic mass is 127. The number of halogens is 3. The van der Waals surface area contributed by atoms with Gasteiger partial charge in [-0.15, -0.1) is 0 Å². The van der Waals surface area contributed by atoms with Crippen LogP contribution in [0.25, 0.3) is 0 Å². The SMILES string of the molecule is Fc1cc(C=NNc2ccccc2)cc(I)c1CBr. The van der Waals surface area contributed by atoms with E-state index in [9.17, 15) is 4.39 Å². The maximum atomic E-state index is 13.7. The first-order valence-corrected chi connectivity index (χ1v) is 7.78. The van der Waals surface area contributed by atoms with E-state index in [1.807, 2.05) is 36.4 Å². The van der Waals surface area contributed by atoms with Crippen LogP contribution in [0.5, 0.6) is 0 Å². The van der Waals surface area contributed by atoms with Crippen LogP contribution >= 0.6 is 38.5 Å². The monoisotopic (exact) mass is 432 g/mol. The van der Waals surface area contributed by atoms with Crippen molar-refractivity contribution in [1.82, 2.24) is 0 Å². The number of hydrazone groups is 1. The second-order valence-corrected chi connectivity index (χ2v) is 5.56. The zero-order valence-electron chi connectivity index (χ0n) is 9.91. The van der Waals surface area contributed by atoms with Crippen LogP contribution in [0, 0.1) is 9.39 Å². The van der Waals surface area contributed by atoms with Crippen molar-refractivity contribution in [3.63, 3.8) is 0 Å². The third kappa shape index (κ3) is 4.01. The van der Waals surface area contributed by atoms with Crippen molar-refractivity contribution >= 4 is 50.4 Å². The Kier molecular flexibility index (Phi) is 5.33. The second-order valence-electron chi connectivity index (χ2n) is 3.83. The summed E-state index contributed by atoms with van der Waals surface area (Å²) in [6, 6.07) is 13.0. The zero-order valence-corrected chi connectivity index (χ0v) is 13.7. The van der Waals surface area contributed by atoms with Crippen molar-refractivity contribution in [1.29, 1.82) is 0 Å². The molecule has 0 saturated carbocycles. The number of nitrogens with one attached hydrogen (secondary N) is 1. The molecule has 0 heterocycles. The van der Waals surface area contributed by atoms with Crippen LogP contribution in [0.3, 0.4) is 0 Å². The van der Waals surface area contributed by atoms with Crippen molar-refractivity contribution < 1.29 is 4.39 Å². The van der Waals surface area contributed by atoms with Gasteiger partial charge >= 0.3 is 0 Å². The lowest BCUT2D eigenvalue weighted by Crippen LogP contribution is -1.96. The van der Waals surface area contributed by atoms with E-state index in [2.05, 4.69) is 49.0 Å². The van der Waals surface area contributed by atoms with Gasteiger partial charge in [0.2, 0.25) is 0 Å². The molecule has 0 spiro atoms. The van der Waals surface area contributed by atoms with Crippen molar-refractivity contribution in [3.8, 4) is 0 Å². The molecule has 0 bridgehead atoms. The third-order valence-corrected chi connectivity index (χ3v) is 4.00. The van der Waals surface area contributed by atoms with Crippen LogP contribution in [0.15, 0.2) is 47.6 Å². The standard InChI is InChI=1S/C14H11BrFIN2/c15-8-12-13(16)6-10(7-14(12)17)9-18-19-11-4-2-1-3-5-11/h1-7,9,19H,8H2. The van der Waals surface area contributed by atoms with Gasteiger partial charge in [-0.1, -0.05) is 34.1 Å². The summed E-state index contributed by atoms with van der Waals surface area (Å²) in [5.74, 6) is -0.218. The first-order chi connectivity index (χ1) is 9.20. The fourth-order valence-electron chi connectivity index (χ4n) is 1.52. The van der Waals surface area contributed by atoms with Crippen LogP contribution in [0.1, 0.15) is 11.1 Å². The molecular formula is C14H11BrFIN2. The molecule has 0 unspecified atom stereocenters. The van der Waals surface area contributed by atoms with Crippen LogP contribution < -0.4 is 5.43 Å². The van der Waals surface area contributed by atoms with Gasteiger partial charge in [0.25, 0.3) is 0 Å². The van der Waals surface area contributed by atoms with E-state index < -0.39 is 0 Å². The minimum absolute atomic E-state index is 0.218. The molecule has 0 fully saturated rings. The third-order valence-electron chi connectivity index (χ3n) is 2.48. The largest absolute Gasteiger partial charge is 0.279 e. The molecule has 2 aromatic rings. The second kappa shape index (κ2) is 7.00. The first kappa shape index (κ1) is 14.5. The zero-order chi connectivity index (χ0) is 13.7. The lowest BCUT2D eigenvalue weighted by molar-refractivity contribution is 0.616. The summed E-state index contributed by atoms with van der Waals surface area (Å²) in [5.41, 5.74) is 5.20. The fraction of sp³-hybridized carbons (Fsp3) is 0.0714. The minimum Gasteiger partial charge on any atom is -0.279 e. The molecule has 0 aliphatic heterocycles. The Morgan fingerprint density at radius 2 is 2.00 bits per heavy atom. The maximum Gasteiger partial charge on any atom is 0.128 e. The summed E-state index contributed by atoms with van der Waals surface area (Å²) >= 11 is 5.40. The van der Waals surface area contributed by atoms with Crippen molar-refractivity contribution in [2.24, 2.45) is 5.10 Å². The van der Waals surface area contributed by atoms with E-state index in [0.717, 1.165) is 14.8 Å². The predicted molar refractivity (Wildman–Crippen MR) is 89.4 cm³/mol. The molecule has 0 aliphatic carbocycles. The number of para-hydroxylation sites is 1. The molecule has 0 saturated heterocycles. The van der Waals surface area contributed by atoms with Gasteiger partial charge in [-0.05, 0) is 52.4 Å². The van der Waals surface area contributed by atoms with Gasteiger partial charge < -0.3 is 0 Å². The number of hydrogen-bond acceptors (Lipinski definition) is 2. The quantitative estimate of drug-likeness (QED) is 0.320. The molecular weight excluding hydrogens is 422 g/mol. The summed E-state index contributed by atoms with van der Waals surface area (Å²) in [6.45, 7) is 0. The highest BCUT2D eigenvalue weighted by Gasteiger charge is 2.06. The van der Waals surface area contributed by atoms with Gasteiger partial charge in [-0.25, -0.2) is 4.39 Å². The first-order valence-electron chi connectivity index (χ1n) is 5.58. The van der Waals surface area contributed by atoms with E-state index >= 15 is 0 Å². The Bertz CT molecular complexity index is 564. The summed E-state index contributed by atoms with van der Waals surface area (Å²) in [5, 5.41) is 4.60. The molecule has 98 valence electrons. The number of nitrogens with zero attached hydrogens (tertiary/aromatic N) is 1. The van der Waals surface area contributed by atoms with Gasteiger partial charge in [-0.3, -0.25) is 5.43 Å². The maximum absolute atomic E-state index is 13.7. The van der Waals surface area contributed by atoms with Crippen LogP contribution in [-0.4, -0.2) is 6.21 Å². The van der Waals surface area contributed by atoms with Crippen LogP contribution in [0.4, 0.5) is 10.1 Å². The Balaban J connectivity index is 2.11. The highest BCUT2D eigenvalue weighted by molar-refractivity contribution is 14.1.